The van der Waals surface area contributed by atoms with Crippen LogP contribution < -0.4 is 0 Å². The molecule has 3 rings (SSSR count). The highest BCUT2D eigenvalue weighted by atomic mass is 32.2. The molecule has 0 amide bonds. The van der Waals surface area contributed by atoms with E-state index in [9.17, 15) is 31.4 Å². The van der Waals surface area contributed by atoms with Gasteiger partial charge in [0.05, 0.1) is 31.1 Å². The van der Waals surface area contributed by atoms with Crippen molar-refractivity contribution in [1.82, 2.24) is 19.5 Å². The van der Waals surface area contributed by atoms with Gasteiger partial charge in [-0.15, -0.1) is 9.24 Å². The number of hydrogen-bond acceptors (Lipinski definition) is 6. The normalized spacial score (nSPS) is 13.1. The zero-order valence-corrected chi connectivity index (χ0v) is 19.1. The second kappa shape index (κ2) is 9.63. The Morgan fingerprint density at radius 2 is 1.64 bits per heavy atom. The summed E-state index contributed by atoms with van der Waals surface area (Å²) in [6, 6.07) is 6.96. The number of aromatic nitrogens is 4. The van der Waals surface area contributed by atoms with E-state index in [0.717, 1.165) is 10.5 Å². The van der Waals surface area contributed by atoms with Gasteiger partial charge in [0.25, 0.3) is 0 Å². The summed E-state index contributed by atoms with van der Waals surface area (Å²) in [6.07, 6.45) is -12.0. The van der Waals surface area contributed by atoms with Gasteiger partial charge in [0.1, 0.15) is 10.5 Å². The lowest BCUT2D eigenvalue weighted by atomic mass is 10.1. The monoisotopic (exact) mass is 512 g/mol. The topological polar surface area (TPSA) is 73.1 Å². The minimum atomic E-state index is -4.85. The Morgan fingerprint density at radius 1 is 1.03 bits per heavy atom. The summed E-state index contributed by atoms with van der Waals surface area (Å²) in [4.78, 5) is 12.9. The number of fused-ring (bicyclic) bond motifs is 1. The van der Waals surface area contributed by atoms with E-state index in [1.807, 2.05) is 31.2 Å². The molecule has 1 aromatic carbocycles. The van der Waals surface area contributed by atoms with Gasteiger partial charge in [-0.25, -0.2) is 4.98 Å². The molecule has 0 aliphatic carbocycles. The van der Waals surface area contributed by atoms with Crippen LogP contribution in [-0.2, 0) is 11.3 Å². The Labute approximate surface area is 191 Å². The summed E-state index contributed by atoms with van der Waals surface area (Å²) >= 11 is 1.22. The molecule has 180 valence electrons. The van der Waals surface area contributed by atoms with E-state index >= 15 is 0 Å². The minimum absolute atomic E-state index is 0.145. The van der Waals surface area contributed by atoms with Crippen molar-refractivity contribution in [3.05, 3.63) is 36.2 Å². The van der Waals surface area contributed by atoms with Crippen molar-refractivity contribution in [2.24, 2.45) is 0 Å². The van der Waals surface area contributed by atoms with Crippen molar-refractivity contribution < 1.29 is 36.2 Å². The number of hydrogen-bond donors (Lipinski definition) is 1. The Balaban J connectivity index is 1.77. The van der Waals surface area contributed by atoms with E-state index in [1.54, 1.807) is 0 Å². The van der Waals surface area contributed by atoms with Crippen LogP contribution in [0, 0.1) is 6.92 Å². The van der Waals surface area contributed by atoms with Crippen molar-refractivity contribution in [3.63, 3.8) is 0 Å². The average molecular weight is 512 g/mol. The first kappa shape index (κ1) is 25.5. The molecule has 33 heavy (non-hydrogen) atoms. The van der Waals surface area contributed by atoms with Gasteiger partial charge in [-0.3, -0.25) is 0 Å². The fourth-order valence-electron chi connectivity index (χ4n) is 3.05. The van der Waals surface area contributed by atoms with Crippen molar-refractivity contribution in [3.8, 4) is 6.01 Å². The van der Waals surface area contributed by atoms with Gasteiger partial charge in [-0.1, -0.05) is 29.5 Å². The Hall–Kier alpha value is -2.11. The minimum Gasteiger partial charge on any atom is -0.479 e. The van der Waals surface area contributed by atoms with Crippen molar-refractivity contribution in [2.75, 3.05) is 6.61 Å². The second-order valence-corrected chi connectivity index (χ2v) is 9.47. The van der Waals surface area contributed by atoms with Crippen LogP contribution in [0.5, 0.6) is 6.01 Å². The number of aryl methyl sites for hydroxylation is 1. The molecule has 3 aromatic rings. The van der Waals surface area contributed by atoms with Gasteiger partial charge in [0.2, 0.25) is 0 Å². The molecule has 0 aliphatic rings. The maximum absolute atomic E-state index is 12.8. The maximum Gasteiger partial charge on any atom is 0.392 e. The van der Waals surface area contributed by atoms with Gasteiger partial charge in [-0.2, -0.15) is 36.3 Å². The zero-order valence-electron chi connectivity index (χ0n) is 17.1. The molecular weight excluding hydrogens is 493 g/mol. The van der Waals surface area contributed by atoms with Crippen LogP contribution in [0.4, 0.5) is 26.3 Å². The molecule has 14 heteroatoms. The first-order chi connectivity index (χ1) is 15.2. The summed E-state index contributed by atoms with van der Waals surface area (Å²) < 4.78 is 83.2. The third kappa shape index (κ3) is 7.44. The van der Waals surface area contributed by atoms with Gasteiger partial charge in [0.15, 0.2) is 5.65 Å². The number of halogens is 6. The molecular formula is C19H19F6N4O2PS. The standard InChI is InChI=1S/C19H19F6N4O2PS/c1-11-2-4-12(5-3-11)33-15-13-14(27-16(30)28-15)29(10-26-13)6-7-31-17(32,8-18(20,21)22)9-19(23,24)25/h2-5,10H,6-9,32H2,1H3,(H,27,28,30). The summed E-state index contributed by atoms with van der Waals surface area (Å²) in [5.74, 6) is 0. The number of imidazole rings is 1. The highest BCUT2D eigenvalue weighted by Crippen LogP contribution is 2.42. The van der Waals surface area contributed by atoms with Crippen LogP contribution in [0.15, 0.2) is 40.5 Å². The number of ether oxygens (including phenoxy) is 1. The second-order valence-electron chi connectivity index (χ2n) is 7.35. The van der Waals surface area contributed by atoms with Gasteiger partial charge in [0, 0.05) is 11.4 Å². The first-order valence-electron chi connectivity index (χ1n) is 9.46. The molecule has 6 nitrogen and oxygen atoms in total. The third-order valence-electron chi connectivity index (χ3n) is 4.38. The van der Waals surface area contributed by atoms with Gasteiger partial charge in [-0.05, 0) is 19.1 Å². The summed E-state index contributed by atoms with van der Waals surface area (Å²) in [5, 5.41) is 7.71. The predicted octanol–water partition coefficient (Wildman–Crippen LogP) is 5.48. The Bertz CT molecular complexity index is 1090. The third-order valence-corrected chi connectivity index (χ3v) is 5.94. The van der Waals surface area contributed by atoms with Crippen LogP contribution in [0.2, 0.25) is 0 Å². The quantitative estimate of drug-likeness (QED) is 0.245. The number of aromatic hydroxyl groups is 1. The van der Waals surface area contributed by atoms with E-state index in [2.05, 4.69) is 15.0 Å². The van der Waals surface area contributed by atoms with E-state index in [0.29, 0.717) is 10.5 Å². The summed E-state index contributed by atoms with van der Waals surface area (Å²) in [7, 11) is 1.54. The fourth-order valence-corrected chi connectivity index (χ4v) is 4.49. The number of alkyl halides is 6. The average Bonchev–Trinajstić information content (AvgIpc) is 3.03. The highest BCUT2D eigenvalue weighted by Gasteiger charge is 2.47. The number of rotatable bonds is 8. The molecule has 1 unspecified atom stereocenters. The van der Waals surface area contributed by atoms with Crippen LogP contribution >= 0.6 is 21.0 Å². The number of nitrogens with zero attached hydrogens (tertiary/aromatic N) is 4. The molecule has 2 aromatic heterocycles. The van der Waals surface area contributed by atoms with E-state index < -0.39 is 43.2 Å². The lowest BCUT2D eigenvalue weighted by molar-refractivity contribution is -0.205. The van der Waals surface area contributed by atoms with Gasteiger partial charge < -0.3 is 14.4 Å². The van der Waals surface area contributed by atoms with E-state index in [-0.39, 0.29) is 12.2 Å². The van der Waals surface area contributed by atoms with Crippen molar-refractivity contribution in [2.45, 2.75) is 53.9 Å². The molecule has 0 saturated heterocycles. The van der Waals surface area contributed by atoms with Crippen LogP contribution in [-0.4, -0.2) is 48.9 Å². The van der Waals surface area contributed by atoms with Gasteiger partial charge >= 0.3 is 18.4 Å². The van der Waals surface area contributed by atoms with E-state index in [4.69, 9.17) is 4.74 Å². The SMILES string of the molecule is Cc1ccc(Sc2nc(O)nc3c2ncn3CCOC(P)(CC(F)(F)F)CC(F)(F)F)cc1. The Kier molecular flexibility index (Phi) is 7.45. The molecule has 0 aliphatic heterocycles. The summed E-state index contributed by atoms with van der Waals surface area (Å²) in [5.41, 5.74) is 1.54. The zero-order chi connectivity index (χ0) is 24.4. The number of benzene rings is 1. The van der Waals surface area contributed by atoms with Crippen LogP contribution in [0.1, 0.15) is 18.4 Å². The molecule has 2 heterocycles. The Morgan fingerprint density at radius 3 is 2.21 bits per heavy atom. The lowest BCUT2D eigenvalue weighted by Gasteiger charge is -2.31. The molecule has 1 N–H and O–H groups in total. The van der Waals surface area contributed by atoms with Crippen LogP contribution in [0.3, 0.4) is 0 Å². The lowest BCUT2D eigenvalue weighted by Crippen LogP contribution is -2.37. The maximum atomic E-state index is 12.8. The molecule has 0 spiro atoms. The predicted molar refractivity (Wildman–Crippen MR) is 112 cm³/mol. The van der Waals surface area contributed by atoms with Crippen LogP contribution in [0.25, 0.3) is 11.2 Å². The van der Waals surface area contributed by atoms with Crippen molar-refractivity contribution in [1.29, 1.82) is 0 Å². The largest absolute Gasteiger partial charge is 0.479 e. The fraction of sp³-hybridized carbons (Fsp3) is 0.421. The van der Waals surface area contributed by atoms with E-state index in [1.165, 1.54) is 31.9 Å². The molecule has 0 radical (unpaired) electrons. The molecule has 0 saturated carbocycles. The molecule has 0 bridgehead atoms. The smallest absolute Gasteiger partial charge is 0.392 e. The highest BCUT2D eigenvalue weighted by molar-refractivity contribution is 7.99. The first-order valence-corrected chi connectivity index (χ1v) is 10.9. The summed E-state index contributed by atoms with van der Waals surface area (Å²) in [6.45, 7) is 1.31. The molecule has 1 atom stereocenters. The van der Waals surface area contributed by atoms with Crippen molar-refractivity contribution >= 4 is 32.2 Å². The molecule has 0 fully saturated rings.